The van der Waals surface area contributed by atoms with Crippen LogP contribution in [0.4, 0.5) is 11.8 Å². The molecule has 0 radical (unpaired) electrons. The molecule has 0 saturated heterocycles. The lowest BCUT2D eigenvalue weighted by Crippen LogP contribution is -2.33. The predicted octanol–water partition coefficient (Wildman–Crippen LogP) is 3.38. The fourth-order valence-electron chi connectivity index (χ4n) is 3.09. The fourth-order valence-corrected chi connectivity index (χ4v) is 3.09. The van der Waals surface area contributed by atoms with Gasteiger partial charge < -0.3 is 20.3 Å². The predicted molar refractivity (Wildman–Crippen MR) is 111 cm³/mol. The van der Waals surface area contributed by atoms with Gasteiger partial charge in [0, 0.05) is 25.0 Å². The molecule has 8 nitrogen and oxygen atoms in total. The van der Waals surface area contributed by atoms with Gasteiger partial charge >= 0.3 is 0 Å². The van der Waals surface area contributed by atoms with Crippen LogP contribution in [0.15, 0.2) is 30.9 Å². The van der Waals surface area contributed by atoms with Gasteiger partial charge in [-0.1, -0.05) is 19.9 Å². The van der Waals surface area contributed by atoms with Crippen molar-refractivity contribution in [3.05, 3.63) is 36.4 Å². The van der Waals surface area contributed by atoms with Crippen molar-refractivity contribution >= 4 is 22.9 Å². The minimum Gasteiger partial charge on any atom is -0.391 e. The number of aromatic nitrogens is 5. The van der Waals surface area contributed by atoms with Gasteiger partial charge in [-0.25, -0.2) is 4.98 Å². The normalized spacial score (nSPS) is 13.6. The molecule has 0 aromatic carbocycles. The van der Waals surface area contributed by atoms with Gasteiger partial charge in [0.2, 0.25) is 5.95 Å². The summed E-state index contributed by atoms with van der Waals surface area (Å²) >= 11 is 0. The van der Waals surface area contributed by atoms with E-state index in [2.05, 4.69) is 39.4 Å². The first-order valence-corrected chi connectivity index (χ1v) is 9.85. The highest BCUT2D eigenvalue weighted by atomic mass is 16.3. The number of imidazole rings is 1. The summed E-state index contributed by atoms with van der Waals surface area (Å²) in [4.78, 5) is 18.0. The Balaban J connectivity index is 1.95. The number of pyridine rings is 1. The van der Waals surface area contributed by atoms with Crippen LogP contribution in [0, 0.1) is 0 Å². The minimum atomic E-state index is -0.453. The number of hydrogen-bond acceptors (Lipinski definition) is 7. The van der Waals surface area contributed by atoms with E-state index in [1.54, 1.807) is 12.5 Å². The van der Waals surface area contributed by atoms with Crippen LogP contribution in [0.1, 0.15) is 52.1 Å². The maximum Gasteiger partial charge on any atom is 0.227 e. The first-order chi connectivity index (χ1) is 13.5. The Morgan fingerprint density at radius 1 is 1.18 bits per heavy atom. The van der Waals surface area contributed by atoms with E-state index in [0.717, 1.165) is 23.1 Å². The number of nitrogens with zero attached hydrogens (tertiary/aromatic N) is 5. The number of anilines is 2. The van der Waals surface area contributed by atoms with Crippen molar-refractivity contribution < 1.29 is 5.11 Å². The van der Waals surface area contributed by atoms with Crippen LogP contribution in [0.25, 0.3) is 11.2 Å². The zero-order valence-electron chi connectivity index (χ0n) is 16.9. The first-order valence-electron chi connectivity index (χ1n) is 9.85. The smallest absolute Gasteiger partial charge is 0.227 e. The summed E-state index contributed by atoms with van der Waals surface area (Å²) in [6.45, 7) is 8.77. The molecule has 3 N–H and O–H groups in total. The third-order valence-corrected chi connectivity index (χ3v) is 4.80. The Hall–Kier alpha value is -2.74. The Labute approximate surface area is 165 Å². The third kappa shape index (κ3) is 4.39. The maximum absolute atomic E-state index is 10.3. The van der Waals surface area contributed by atoms with E-state index in [1.165, 1.54) is 0 Å². The summed E-state index contributed by atoms with van der Waals surface area (Å²) in [6.07, 6.45) is 6.36. The Bertz CT molecular complexity index is 894. The molecule has 0 saturated carbocycles. The first kappa shape index (κ1) is 20.0. The average molecular weight is 384 g/mol. The minimum absolute atomic E-state index is 0.107. The lowest BCUT2D eigenvalue weighted by molar-refractivity contribution is 0.146. The molecule has 0 aliphatic rings. The van der Waals surface area contributed by atoms with E-state index in [9.17, 15) is 5.11 Å². The molecule has 0 bridgehead atoms. The number of hydrogen-bond donors (Lipinski definition) is 3. The second-order valence-electron chi connectivity index (χ2n) is 7.16. The fraction of sp³-hybridized carbons (Fsp3) is 0.500. The summed E-state index contributed by atoms with van der Waals surface area (Å²) < 4.78 is 2.02. The molecule has 0 amide bonds. The van der Waals surface area contributed by atoms with Gasteiger partial charge in [0.25, 0.3) is 0 Å². The lowest BCUT2D eigenvalue weighted by atomic mass is 10.1. The topological polar surface area (TPSA) is 101 Å². The zero-order chi connectivity index (χ0) is 20.1. The third-order valence-electron chi connectivity index (χ3n) is 4.80. The molecule has 3 heterocycles. The summed E-state index contributed by atoms with van der Waals surface area (Å²) in [5.74, 6) is 1.15. The number of nitrogens with one attached hydrogen (secondary N) is 2. The molecule has 3 aromatic heterocycles. The quantitative estimate of drug-likeness (QED) is 0.521. The molecule has 28 heavy (non-hydrogen) atoms. The van der Waals surface area contributed by atoms with Crippen molar-refractivity contribution in [1.29, 1.82) is 0 Å². The molecule has 2 unspecified atom stereocenters. The second-order valence-corrected chi connectivity index (χ2v) is 7.16. The zero-order valence-corrected chi connectivity index (χ0v) is 16.9. The van der Waals surface area contributed by atoms with Gasteiger partial charge in [0.05, 0.1) is 18.5 Å². The SMILES string of the molecule is CCC(O)C(CC)Nc1nc(NCc2cccnc2)c2ncn(C(C)C)c2n1. The van der Waals surface area contributed by atoms with Crippen LogP contribution in [0.2, 0.25) is 0 Å². The van der Waals surface area contributed by atoms with Crippen LogP contribution >= 0.6 is 0 Å². The van der Waals surface area contributed by atoms with Crippen LogP contribution in [0.5, 0.6) is 0 Å². The van der Waals surface area contributed by atoms with Crippen molar-refractivity contribution in [2.75, 3.05) is 10.6 Å². The van der Waals surface area contributed by atoms with E-state index in [1.807, 2.05) is 36.7 Å². The molecule has 2 atom stereocenters. The molecule has 8 heteroatoms. The van der Waals surface area contributed by atoms with E-state index >= 15 is 0 Å². The molecular weight excluding hydrogens is 354 g/mol. The van der Waals surface area contributed by atoms with Gasteiger partial charge in [0.15, 0.2) is 17.0 Å². The number of fused-ring (bicyclic) bond motifs is 1. The number of rotatable bonds is 9. The van der Waals surface area contributed by atoms with Crippen LogP contribution in [-0.2, 0) is 6.54 Å². The molecule has 0 aliphatic heterocycles. The van der Waals surface area contributed by atoms with Crippen LogP contribution in [0.3, 0.4) is 0 Å². The van der Waals surface area contributed by atoms with Gasteiger partial charge in [0.1, 0.15) is 0 Å². The highest BCUT2D eigenvalue weighted by Gasteiger charge is 2.19. The standard InChI is InChI=1S/C20H29N7O/c1-5-15(16(28)6-2)24-20-25-18(22-11-14-8-7-9-21-10-14)17-19(26-20)27(12-23-17)13(3)4/h7-10,12-13,15-16,28H,5-6,11H2,1-4H3,(H2,22,24,25,26). The highest BCUT2D eigenvalue weighted by Crippen LogP contribution is 2.24. The van der Waals surface area contributed by atoms with Gasteiger partial charge in [-0.15, -0.1) is 0 Å². The molecule has 150 valence electrons. The van der Waals surface area contributed by atoms with Crippen molar-refractivity contribution in [3.8, 4) is 0 Å². The Morgan fingerprint density at radius 2 is 2.00 bits per heavy atom. The van der Waals surface area contributed by atoms with Crippen molar-refractivity contribution in [3.63, 3.8) is 0 Å². The second kappa shape index (κ2) is 8.97. The molecule has 0 fully saturated rings. The van der Waals surface area contributed by atoms with E-state index in [4.69, 9.17) is 4.98 Å². The van der Waals surface area contributed by atoms with Gasteiger partial charge in [-0.2, -0.15) is 9.97 Å². The number of aliphatic hydroxyl groups is 1. The summed E-state index contributed by atoms with van der Waals surface area (Å²) in [7, 11) is 0. The molecule has 3 rings (SSSR count). The lowest BCUT2D eigenvalue weighted by Gasteiger charge is -2.22. The van der Waals surface area contributed by atoms with Gasteiger partial charge in [-0.05, 0) is 38.3 Å². The van der Waals surface area contributed by atoms with Crippen molar-refractivity contribution in [1.82, 2.24) is 24.5 Å². The monoisotopic (exact) mass is 383 g/mol. The van der Waals surface area contributed by atoms with E-state index in [-0.39, 0.29) is 12.1 Å². The van der Waals surface area contributed by atoms with E-state index < -0.39 is 6.10 Å². The van der Waals surface area contributed by atoms with Crippen molar-refractivity contribution in [2.45, 2.75) is 65.3 Å². The number of aliphatic hydroxyl groups excluding tert-OH is 1. The molecular formula is C20H29N7O. The maximum atomic E-state index is 10.3. The average Bonchev–Trinajstić information content (AvgIpc) is 3.14. The highest BCUT2D eigenvalue weighted by molar-refractivity contribution is 5.84. The van der Waals surface area contributed by atoms with Crippen LogP contribution < -0.4 is 10.6 Å². The Kier molecular flexibility index (Phi) is 6.41. The van der Waals surface area contributed by atoms with Crippen LogP contribution in [-0.4, -0.2) is 41.8 Å². The van der Waals surface area contributed by atoms with E-state index in [0.29, 0.717) is 24.7 Å². The summed E-state index contributed by atoms with van der Waals surface area (Å²) in [5.41, 5.74) is 2.55. The largest absolute Gasteiger partial charge is 0.391 e. The molecule has 0 spiro atoms. The van der Waals surface area contributed by atoms with Crippen molar-refractivity contribution in [2.24, 2.45) is 0 Å². The van der Waals surface area contributed by atoms with Gasteiger partial charge in [-0.3, -0.25) is 4.98 Å². The molecule has 3 aromatic rings. The Morgan fingerprint density at radius 3 is 2.64 bits per heavy atom. The molecule has 0 aliphatic carbocycles. The summed E-state index contributed by atoms with van der Waals surface area (Å²) in [5, 5.41) is 16.9. The summed E-state index contributed by atoms with van der Waals surface area (Å²) in [6, 6.07) is 4.03.